The van der Waals surface area contributed by atoms with Gasteiger partial charge in [-0.05, 0) is 44.9 Å². The summed E-state index contributed by atoms with van der Waals surface area (Å²) in [6.07, 6.45) is 6.56. The van der Waals surface area contributed by atoms with Crippen LogP contribution in [0.3, 0.4) is 0 Å². The number of nitrogens with one attached hydrogen (secondary N) is 2. The van der Waals surface area contributed by atoms with E-state index >= 15 is 0 Å². The Labute approximate surface area is 126 Å². The van der Waals surface area contributed by atoms with Crippen LogP contribution in [-0.4, -0.2) is 47.5 Å². The minimum Gasteiger partial charge on any atom is -0.370 e. The van der Waals surface area contributed by atoms with E-state index in [-0.39, 0.29) is 5.91 Å². The Hall–Kier alpha value is -1.62. The number of fused-ring (bicyclic) bond motifs is 1. The second kappa shape index (κ2) is 6.43. The Morgan fingerprint density at radius 2 is 2.29 bits per heavy atom. The van der Waals surface area contributed by atoms with E-state index in [9.17, 15) is 4.79 Å². The van der Waals surface area contributed by atoms with Gasteiger partial charge in [0.15, 0.2) is 0 Å². The van der Waals surface area contributed by atoms with Crippen molar-refractivity contribution in [3.8, 4) is 0 Å². The molecule has 0 radical (unpaired) electrons. The van der Waals surface area contributed by atoms with Crippen LogP contribution in [0.15, 0.2) is 18.3 Å². The van der Waals surface area contributed by atoms with Gasteiger partial charge in [0.25, 0.3) is 5.91 Å². The van der Waals surface area contributed by atoms with Gasteiger partial charge in [-0.2, -0.15) is 0 Å². The van der Waals surface area contributed by atoms with Gasteiger partial charge in [-0.1, -0.05) is 6.42 Å². The van der Waals surface area contributed by atoms with E-state index in [2.05, 4.69) is 20.5 Å². The molecule has 0 spiro atoms. The van der Waals surface area contributed by atoms with Crippen molar-refractivity contribution in [2.45, 2.75) is 44.7 Å². The van der Waals surface area contributed by atoms with Crippen LogP contribution < -0.4 is 10.6 Å². The van der Waals surface area contributed by atoms with E-state index in [1.54, 1.807) is 12.3 Å². The SMILES string of the molecule is CCNc1cc(C(=O)NC2CCN3CCCCC23)ccn1. The van der Waals surface area contributed by atoms with Crippen LogP contribution in [0, 0.1) is 0 Å². The summed E-state index contributed by atoms with van der Waals surface area (Å²) in [7, 11) is 0. The zero-order chi connectivity index (χ0) is 14.7. The highest BCUT2D eigenvalue weighted by atomic mass is 16.1. The summed E-state index contributed by atoms with van der Waals surface area (Å²) in [4.78, 5) is 19.2. The molecule has 2 fully saturated rings. The first kappa shape index (κ1) is 14.3. The molecule has 0 bridgehead atoms. The quantitative estimate of drug-likeness (QED) is 0.888. The maximum Gasteiger partial charge on any atom is 0.251 e. The number of piperidine rings is 1. The highest BCUT2D eigenvalue weighted by Gasteiger charge is 2.36. The number of hydrogen-bond acceptors (Lipinski definition) is 4. The van der Waals surface area contributed by atoms with Crippen molar-refractivity contribution in [1.82, 2.24) is 15.2 Å². The van der Waals surface area contributed by atoms with Crippen molar-refractivity contribution in [3.63, 3.8) is 0 Å². The Morgan fingerprint density at radius 1 is 1.38 bits per heavy atom. The van der Waals surface area contributed by atoms with E-state index in [1.165, 1.54) is 25.8 Å². The summed E-state index contributed by atoms with van der Waals surface area (Å²) in [6.45, 7) is 5.13. The number of carbonyl (C=O) groups excluding carboxylic acids is 1. The molecule has 0 aromatic carbocycles. The molecule has 21 heavy (non-hydrogen) atoms. The largest absolute Gasteiger partial charge is 0.370 e. The van der Waals surface area contributed by atoms with Gasteiger partial charge in [0.1, 0.15) is 5.82 Å². The predicted molar refractivity (Wildman–Crippen MR) is 83.5 cm³/mol. The minimum atomic E-state index is 0.0222. The maximum absolute atomic E-state index is 12.4. The van der Waals surface area contributed by atoms with Crippen molar-refractivity contribution >= 4 is 11.7 Å². The summed E-state index contributed by atoms with van der Waals surface area (Å²) >= 11 is 0. The van der Waals surface area contributed by atoms with Gasteiger partial charge in [-0.15, -0.1) is 0 Å². The zero-order valence-corrected chi connectivity index (χ0v) is 12.6. The lowest BCUT2D eigenvalue weighted by molar-refractivity contribution is 0.0915. The fraction of sp³-hybridized carbons (Fsp3) is 0.625. The second-order valence-corrected chi connectivity index (χ2v) is 5.93. The molecule has 5 nitrogen and oxygen atoms in total. The zero-order valence-electron chi connectivity index (χ0n) is 12.6. The lowest BCUT2D eigenvalue weighted by atomic mass is 9.99. The topological polar surface area (TPSA) is 57.3 Å². The molecule has 3 rings (SSSR count). The molecule has 2 N–H and O–H groups in total. The van der Waals surface area contributed by atoms with Crippen LogP contribution >= 0.6 is 0 Å². The predicted octanol–water partition coefficient (Wildman–Crippen LogP) is 1.87. The van der Waals surface area contributed by atoms with Crippen molar-refractivity contribution in [2.75, 3.05) is 25.0 Å². The monoisotopic (exact) mass is 288 g/mol. The van der Waals surface area contributed by atoms with Crippen molar-refractivity contribution in [3.05, 3.63) is 23.9 Å². The van der Waals surface area contributed by atoms with E-state index in [4.69, 9.17) is 0 Å². The molecule has 2 aliphatic rings. The van der Waals surface area contributed by atoms with Crippen LogP contribution in [0.5, 0.6) is 0 Å². The van der Waals surface area contributed by atoms with Crippen LogP contribution in [0.1, 0.15) is 43.0 Å². The second-order valence-electron chi connectivity index (χ2n) is 5.93. The fourth-order valence-corrected chi connectivity index (χ4v) is 3.52. The van der Waals surface area contributed by atoms with Gasteiger partial charge in [-0.3, -0.25) is 9.69 Å². The van der Waals surface area contributed by atoms with Crippen molar-refractivity contribution in [1.29, 1.82) is 0 Å². The summed E-state index contributed by atoms with van der Waals surface area (Å²) in [6, 6.07) is 4.45. The average Bonchev–Trinajstić information content (AvgIpc) is 2.91. The minimum absolute atomic E-state index is 0.0222. The Kier molecular flexibility index (Phi) is 4.39. The number of pyridine rings is 1. The average molecular weight is 288 g/mol. The number of aromatic nitrogens is 1. The number of carbonyl (C=O) groups is 1. The molecule has 3 heterocycles. The van der Waals surface area contributed by atoms with Crippen LogP contribution in [0.25, 0.3) is 0 Å². The van der Waals surface area contributed by atoms with Crippen molar-refractivity contribution in [2.24, 2.45) is 0 Å². The third-order valence-electron chi connectivity index (χ3n) is 4.55. The lowest BCUT2D eigenvalue weighted by Gasteiger charge is -2.32. The van der Waals surface area contributed by atoms with E-state index in [1.807, 2.05) is 13.0 Å². The first-order chi connectivity index (χ1) is 10.3. The number of anilines is 1. The van der Waals surface area contributed by atoms with Crippen molar-refractivity contribution < 1.29 is 4.79 Å². The summed E-state index contributed by atoms with van der Waals surface area (Å²) in [5.74, 6) is 0.782. The number of amides is 1. The molecular weight excluding hydrogens is 264 g/mol. The molecule has 2 saturated heterocycles. The maximum atomic E-state index is 12.4. The number of rotatable bonds is 4. The summed E-state index contributed by atoms with van der Waals surface area (Å²) in [5.41, 5.74) is 0.690. The van der Waals surface area contributed by atoms with E-state index in [0.29, 0.717) is 17.6 Å². The number of hydrogen-bond donors (Lipinski definition) is 2. The van der Waals surface area contributed by atoms with Gasteiger partial charge in [0.2, 0.25) is 0 Å². The molecule has 5 heteroatoms. The lowest BCUT2D eigenvalue weighted by Crippen LogP contribution is -2.46. The molecule has 0 saturated carbocycles. The van der Waals surface area contributed by atoms with Gasteiger partial charge in [-0.25, -0.2) is 4.98 Å². The summed E-state index contributed by atoms with van der Waals surface area (Å²) < 4.78 is 0. The first-order valence-corrected chi connectivity index (χ1v) is 8.03. The highest BCUT2D eigenvalue weighted by Crippen LogP contribution is 2.27. The Morgan fingerprint density at radius 3 is 3.14 bits per heavy atom. The molecule has 2 aliphatic heterocycles. The first-order valence-electron chi connectivity index (χ1n) is 8.03. The van der Waals surface area contributed by atoms with E-state index in [0.717, 1.165) is 25.3 Å². The van der Waals surface area contributed by atoms with Gasteiger partial charge < -0.3 is 10.6 Å². The highest BCUT2D eigenvalue weighted by molar-refractivity contribution is 5.95. The number of nitrogens with zero attached hydrogens (tertiary/aromatic N) is 2. The van der Waals surface area contributed by atoms with E-state index < -0.39 is 0 Å². The molecule has 1 amide bonds. The van der Waals surface area contributed by atoms with Crippen LogP contribution in [0.2, 0.25) is 0 Å². The Bertz CT molecular complexity index is 505. The van der Waals surface area contributed by atoms with Crippen LogP contribution in [-0.2, 0) is 0 Å². The molecule has 2 atom stereocenters. The summed E-state index contributed by atoms with van der Waals surface area (Å²) in [5, 5.41) is 6.37. The third-order valence-corrected chi connectivity index (χ3v) is 4.55. The molecule has 114 valence electrons. The van der Waals surface area contributed by atoms with Gasteiger partial charge in [0, 0.05) is 36.9 Å². The standard InChI is InChI=1S/C16H24N4O/c1-2-17-15-11-12(6-8-18-15)16(21)19-13-7-10-20-9-4-3-5-14(13)20/h6,8,11,13-14H,2-5,7,9-10H2,1H3,(H,17,18)(H,19,21). The molecule has 1 aromatic rings. The third kappa shape index (κ3) is 3.18. The smallest absolute Gasteiger partial charge is 0.251 e. The van der Waals surface area contributed by atoms with Gasteiger partial charge >= 0.3 is 0 Å². The molecular formula is C16H24N4O. The van der Waals surface area contributed by atoms with Crippen LogP contribution in [0.4, 0.5) is 5.82 Å². The Balaban J connectivity index is 1.64. The molecule has 0 aliphatic carbocycles. The normalized spacial score (nSPS) is 25.4. The molecule has 1 aromatic heterocycles. The fourth-order valence-electron chi connectivity index (χ4n) is 3.52. The van der Waals surface area contributed by atoms with Gasteiger partial charge in [0.05, 0.1) is 0 Å². The molecule has 2 unspecified atom stereocenters.